The molecular formula is C8H14N2O. The summed E-state index contributed by atoms with van der Waals surface area (Å²) >= 11 is 0. The maximum atomic E-state index is 11.0. The zero-order valence-corrected chi connectivity index (χ0v) is 7.51. The Morgan fingerprint density at radius 3 is 2.18 bits per heavy atom. The number of rotatable bonds is 2. The van der Waals surface area contributed by atoms with Crippen molar-refractivity contribution in [2.45, 2.75) is 33.2 Å². The SMILES string of the molecule is CCN(C(C)=O)C(C)(C)C#N. The summed E-state index contributed by atoms with van der Waals surface area (Å²) in [6.07, 6.45) is 0. The average molecular weight is 154 g/mol. The Morgan fingerprint density at radius 2 is 2.09 bits per heavy atom. The number of amides is 1. The first-order chi connectivity index (χ1) is 4.95. The highest BCUT2D eigenvalue weighted by atomic mass is 16.2. The molecule has 0 aromatic heterocycles. The monoisotopic (exact) mass is 154 g/mol. The van der Waals surface area contributed by atoms with Crippen LogP contribution in [0.3, 0.4) is 0 Å². The molecule has 0 heterocycles. The smallest absolute Gasteiger partial charge is 0.220 e. The Labute approximate surface area is 67.6 Å². The van der Waals surface area contributed by atoms with Crippen molar-refractivity contribution in [2.75, 3.05) is 6.54 Å². The van der Waals surface area contributed by atoms with Crippen molar-refractivity contribution < 1.29 is 4.79 Å². The number of nitrogens with zero attached hydrogens (tertiary/aromatic N) is 2. The number of hydrogen-bond donors (Lipinski definition) is 0. The largest absolute Gasteiger partial charge is 0.325 e. The van der Waals surface area contributed by atoms with Gasteiger partial charge in [0.1, 0.15) is 5.54 Å². The molecule has 0 bridgehead atoms. The van der Waals surface area contributed by atoms with E-state index in [1.165, 1.54) is 11.8 Å². The van der Waals surface area contributed by atoms with E-state index in [9.17, 15) is 4.79 Å². The van der Waals surface area contributed by atoms with E-state index >= 15 is 0 Å². The fourth-order valence-electron chi connectivity index (χ4n) is 1.07. The van der Waals surface area contributed by atoms with Gasteiger partial charge in [0.25, 0.3) is 0 Å². The van der Waals surface area contributed by atoms with E-state index in [-0.39, 0.29) is 5.91 Å². The lowest BCUT2D eigenvalue weighted by atomic mass is 10.1. The molecule has 0 aromatic rings. The van der Waals surface area contributed by atoms with Crippen molar-refractivity contribution in [1.82, 2.24) is 4.90 Å². The van der Waals surface area contributed by atoms with Crippen LogP contribution in [0.2, 0.25) is 0 Å². The minimum absolute atomic E-state index is 0.0564. The zero-order valence-electron chi connectivity index (χ0n) is 7.51. The van der Waals surface area contributed by atoms with Gasteiger partial charge in [-0.1, -0.05) is 0 Å². The minimum atomic E-state index is -0.680. The molecule has 0 N–H and O–H groups in total. The Bertz CT molecular complexity index is 191. The number of nitriles is 1. The van der Waals surface area contributed by atoms with Gasteiger partial charge >= 0.3 is 0 Å². The summed E-state index contributed by atoms with van der Waals surface area (Å²) in [6.45, 7) is 7.38. The molecule has 0 unspecified atom stereocenters. The third-order valence-electron chi connectivity index (χ3n) is 1.64. The van der Waals surface area contributed by atoms with Gasteiger partial charge in [0, 0.05) is 13.5 Å². The third kappa shape index (κ3) is 2.23. The Kier molecular flexibility index (Phi) is 3.06. The van der Waals surface area contributed by atoms with Crippen LogP contribution >= 0.6 is 0 Å². The average Bonchev–Trinajstić information content (AvgIpc) is 1.88. The fourth-order valence-corrected chi connectivity index (χ4v) is 1.07. The predicted molar refractivity (Wildman–Crippen MR) is 42.8 cm³/mol. The van der Waals surface area contributed by atoms with Gasteiger partial charge in [-0.2, -0.15) is 5.26 Å². The van der Waals surface area contributed by atoms with Crippen molar-refractivity contribution in [3.63, 3.8) is 0 Å². The molecule has 0 aliphatic carbocycles. The van der Waals surface area contributed by atoms with Crippen LogP contribution in [0.1, 0.15) is 27.7 Å². The van der Waals surface area contributed by atoms with Gasteiger partial charge in [-0.05, 0) is 20.8 Å². The summed E-state index contributed by atoms with van der Waals surface area (Å²) in [7, 11) is 0. The first-order valence-corrected chi connectivity index (χ1v) is 3.65. The van der Waals surface area contributed by atoms with Crippen molar-refractivity contribution >= 4 is 5.91 Å². The van der Waals surface area contributed by atoms with Crippen LogP contribution in [0, 0.1) is 11.3 Å². The standard InChI is InChI=1S/C8H14N2O/c1-5-10(7(2)11)8(3,4)6-9/h5H2,1-4H3. The molecule has 0 fully saturated rings. The van der Waals surface area contributed by atoms with Gasteiger partial charge in [0.15, 0.2) is 0 Å². The molecule has 0 aliphatic heterocycles. The maximum Gasteiger partial charge on any atom is 0.220 e. The molecule has 0 saturated carbocycles. The van der Waals surface area contributed by atoms with E-state index in [4.69, 9.17) is 5.26 Å². The van der Waals surface area contributed by atoms with Crippen molar-refractivity contribution in [3.05, 3.63) is 0 Å². The second kappa shape index (κ2) is 3.38. The van der Waals surface area contributed by atoms with Gasteiger partial charge in [-0.15, -0.1) is 0 Å². The number of carbonyl (C=O) groups excluding carboxylic acids is 1. The lowest BCUT2D eigenvalue weighted by molar-refractivity contribution is -0.132. The molecule has 0 aromatic carbocycles. The first kappa shape index (κ1) is 9.96. The molecular weight excluding hydrogens is 140 g/mol. The summed E-state index contributed by atoms with van der Waals surface area (Å²) in [5.41, 5.74) is -0.680. The quantitative estimate of drug-likeness (QED) is 0.599. The van der Waals surface area contributed by atoms with E-state index in [2.05, 4.69) is 6.07 Å². The molecule has 0 atom stereocenters. The molecule has 0 radical (unpaired) electrons. The van der Waals surface area contributed by atoms with Crippen LogP contribution in [-0.2, 0) is 4.79 Å². The van der Waals surface area contributed by atoms with Crippen LogP contribution in [0.15, 0.2) is 0 Å². The summed E-state index contributed by atoms with van der Waals surface area (Å²) in [6, 6.07) is 2.08. The van der Waals surface area contributed by atoms with Gasteiger partial charge in [-0.3, -0.25) is 4.79 Å². The summed E-state index contributed by atoms with van der Waals surface area (Å²) in [5, 5.41) is 8.70. The molecule has 62 valence electrons. The lowest BCUT2D eigenvalue weighted by Gasteiger charge is -2.30. The van der Waals surface area contributed by atoms with E-state index in [1.54, 1.807) is 13.8 Å². The molecule has 0 aliphatic rings. The normalized spacial score (nSPS) is 10.5. The Balaban J connectivity index is 4.53. The van der Waals surface area contributed by atoms with Crippen LogP contribution in [-0.4, -0.2) is 22.9 Å². The Morgan fingerprint density at radius 1 is 1.64 bits per heavy atom. The summed E-state index contributed by atoms with van der Waals surface area (Å²) < 4.78 is 0. The van der Waals surface area contributed by atoms with Crippen LogP contribution in [0.5, 0.6) is 0 Å². The van der Waals surface area contributed by atoms with Crippen LogP contribution in [0.4, 0.5) is 0 Å². The van der Waals surface area contributed by atoms with Gasteiger partial charge in [0.05, 0.1) is 6.07 Å². The minimum Gasteiger partial charge on any atom is -0.325 e. The van der Waals surface area contributed by atoms with Gasteiger partial charge < -0.3 is 4.90 Å². The molecule has 11 heavy (non-hydrogen) atoms. The lowest BCUT2D eigenvalue weighted by Crippen LogP contribution is -2.45. The van der Waals surface area contributed by atoms with E-state index in [1.807, 2.05) is 6.92 Å². The maximum absolute atomic E-state index is 11.0. The van der Waals surface area contributed by atoms with Crippen LogP contribution < -0.4 is 0 Å². The second-order valence-corrected chi connectivity index (χ2v) is 2.93. The van der Waals surface area contributed by atoms with Crippen molar-refractivity contribution in [2.24, 2.45) is 0 Å². The van der Waals surface area contributed by atoms with Crippen LogP contribution in [0.25, 0.3) is 0 Å². The molecule has 0 spiro atoms. The van der Waals surface area contributed by atoms with E-state index < -0.39 is 5.54 Å². The fraction of sp³-hybridized carbons (Fsp3) is 0.750. The number of carbonyl (C=O) groups is 1. The highest BCUT2D eigenvalue weighted by Crippen LogP contribution is 2.12. The summed E-state index contributed by atoms with van der Waals surface area (Å²) in [5.74, 6) is -0.0564. The molecule has 3 heteroatoms. The Hall–Kier alpha value is -1.04. The summed E-state index contributed by atoms with van der Waals surface area (Å²) in [4.78, 5) is 12.5. The molecule has 0 rings (SSSR count). The van der Waals surface area contributed by atoms with Gasteiger partial charge in [-0.25, -0.2) is 0 Å². The van der Waals surface area contributed by atoms with Gasteiger partial charge in [0.2, 0.25) is 5.91 Å². The highest BCUT2D eigenvalue weighted by molar-refractivity contribution is 5.74. The van der Waals surface area contributed by atoms with Crippen molar-refractivity contribution in [1.29, 1.82) is 5.26 Å². The predicted octanol–water partition coefficient (Wildman–Crippen LogP) is 1.16. The number of hydrogen-bond acceptors (Lipinski definition) is 2. The zero-order chi connectivity index (χ0) is 9.07. The van der Waals surface area contributed by atoms with Crippen molar-refractivity contribution in [3.8, 4) is 6.07 Å². The first-order valence-electron chi connectivity index (χ1n) is 3.65. The van der Waals surface area contributed by atoms with E-state index in [0.717, 1.165) is 0 Å². The third-order valence-corrected chi connectivity index (χ3v) is 1.64. The highest BCUT2D eigenvalue weighted by Gasteiger charge is 2.26. The van der Waals surface area contributed by atoms with E-state index in [0.29, 0.717) is 6.54 Å². The molecule has 3 nitrogen and oxygen atoms in total. The molecule has 1 amide bonds. The molecule has 0 saturated heterocycles. The second-order valence-electron chi connectivity index (χ2n) is 2.93. The topological polar surface area (TPSA) is 44.1 Å².